The van der Waals surface area contributed by atoms with Crippen molar-refractivity contribution >= 4 is 16.7 Å². The molecule has 0 fully saturated rings. The van der Waals surface area contributed by atoms with Gasteiger partial charge in [-0.2, -0.15) is 0 Å². The monoisotopic (exact) mass is 320 g/mol. The number of hydrogen-bond donors (Lipinski definition) is 0. The van der Waals surface area contributed by atoms with Gasteiger partial charge in [0.25, 0.3) is 0 Å². The van der Waals surface area contributed by atoms with Crippen molar-refractivity contribution in [2.24, 2.45) is 0 Å². The zero-order valence-corrected chi connectivity index (χ0v) is 14.6. The fourth-order valence-corrected chi connectivity index (χ4v) is 2.89. The summed E-state index contributed by atoms with van der Waals surface area (Å²) in [7, 11) is 0. The Hall–Kier alpha value is -2.69. The molecule has 4 rings (SSSR count). The van der Waals surface area contributed by atoms with Crippen LogP contribution in [0, 0.1) is 13.8 Å². The van der Waals surface area contributed by atoms with E-state index in [1.54, 1.807) is 10.8 Å². The van der Waals surface area contributed by atoms with Crippen LogP contribution in [0.15, 0.2) is 35.0 Å². The van der Waals surface area contributed by atoms with Crippen molar-refractivity contribution in [3.63, 3.8) is 0 Å². The maximum absolute atomic E-state index is 5.68. The molecule has 0 bridgehead atoms. The molecule has 0 aliphatic rings. The summed E-state index contributed by atoms with van der Waals surface area (Å²) in [6, 6.07) is 8.44. The molecule has 0 saturated heterocycles. The van der Waals surface area contributed by atoms with Crippen LogP contribution in [0.2, 0.25) is 0 Å². The summed E-state index contributed by atoms with van der Waals surface area (Å²) in [5, 5.41) is 5.51. The van der Waals surface area contributed by atoms with E-state index >= 15 is 0 Å². The van der Waals surface area contributed by atoms with E-state index in [0.717, 1.165) is 27.9 Å². The molecule has 0 spiro atoms. The fraction of sp³-hybridized carbons (Fsp3) is 0.316. The molecule has 5 heteroatoms. The summed E-state index contributed by atoms with van der Waals surface area (Å²) in [5.41, 5.74) is 4.87. The molecule has 0 aliphatic carbocycles. The zero-order chi connectivity index (χ0) is 17.1. The largest absolute Gasteiger partial charge is 0.443 e. The Labute approximate surface area is 140 Å². The minimum Gasteiger partial charge on any atom is -0.443 e. The third kappa shape index (κ3) is 2.19. The Morgan fingerprint density at radius 2 is 1.75 bits per heavy atom. The molecule has 0 saturated carbocycles. The SMILES string of the molecule is Cc1oc2ncn3nc(-c4ccc(C(C)(C)C)cc4)nc3c2c1C. The van der Waals surface area contributed by atoms with E-state index in [9.17, 15) is 0 Å². The predicted octanol–water partition coefficient (Wildman–Crippen LogP) is 4.45. The minimum absolute atomic E-state index is 0.131. The lowest BCUT2D eigenvalue weighted by Gasteiger charge is -2.18. The molecule has 3 heterocycles. The zero-order valence-electron chi connectivity index (χ0n) is 14.6. The van der Waals surface area contributed by atoms with Crippen molar-refractivity contribution in [3.05, 3.63) is 47.5 Å². The number of rotatable bonds is 1. The second-order valence-electron chi connectivity index (χ2n) is 7.24. The van der Waals surface area contributed by atoms with Gasteiger partial charge >= 0.3 is 0 Å². The van der Waals surface area contributed by atoms with Gasteiger partial charge in [0, 0.05) is 11.1 Å². The van der Waals surface area contributed by atoms with Gasteiger partial charge in [-0.1, -0.05) is 45.0 Å². The van der Waals surface area contributed by atoms with E-state index in [4.69, 9.17) is 9.40 Å². The van der Waals surface area contributed by atoms with E-state index in [1.165, 1.54) is 5.56 Å². The molecule has 0 N–H and O–H groups in total. The van der Waals surface area contributed by atoms with Gasteiger partial charge < -0.3 is 4.42 Å². The second-order valence-corrected chi connectivity index (χ2v) is 7.24. The van der Waals surface area contributed by atoms with Crippen LogP contribution in [0.25, 0.3) is 28.1 Å². The van der Waals surface area contributed by atoms with Gasteiger partial charge in [-0.3, -0.25) is 0 Å². The van der Waals surface area contributed by atoms with Crippen molar-refractivity contribution < 1.29 is 4.42 Å². The van der Waals surface area contributed by atoms with Gasteiger partial charge in [0.05, 0.1) is 5.39 Å². The third-order valence-electron chi connectivity index (χ3n) is 4.52. The molecule has 0 aliphatic heterocycles. The smallest absolute Gasteiger partial charge is 0.231 e. The van der Waals surface area contributed by atoms with Crippen LogP contribution in [0.4, 0.5) is 0 Å². The number of hydrogen-bond acceptors (Lipinski definition) is 4. The highest BCUT2D eigenvalue weighted by atomic mass is 16.3. The first-order chi connectivity index (χ1) is 11.3. The van der Waals surface area contributed by atoms with Gasteiger partial charge in [0.1, 0.15) is 12.1 Å². The molecular formula is C19H20N4O. The normalized spacial score (nSPS) is 12.4. The molecule has 0 amide bonds. The van der Waals surface area contributed by atoms with Crippen LogP contribution in [-0.2, 0) is 5.41 Å². The molecule has 1 aromatic carbocycles. The van der Waals surface area contributed by atoms with Gasteiger partial charge in [-0.05, 0) is 24.8 Å². The first-order valence-electron chi connectivity index (χ1n) is 8.06. The second kappa shape index (κ2) is 4.90. The molecule has 0 radical (unpaired) electrons. The van der Waals surface area contributed by atoms with Crippen LogP contribution in [0.5, 0.6) is 0 Å². The van der Waals surface area contributed by atoms with E-state index in [1.807, 2.05) is 13.8 Å². The number of aromatic nitrogens is 4. The van der Waals surface area contributed by atoms with E-state index in [2.05, 4.69) is 55.1 Å². The van der Waals surface area contributed by atoms with E-state index in [-0.39, 0.29) is 5.41 Å². The predicted molar refractivity (Wildman–Crippen MR) is 94.2 cm³/mol. The molecule has 24 heavy (non-hydrogen) atoms. The maximum atomic E-state index is 5.68. The van der Waals surface area contributed by atoms with Gasteiger partial charge in [0.15, 0.2) is 11.5 Å². The summed E-state index contributed by atoms with van der Waals surface area (Å²) in [5.74, 6) is 1.56. The molecule has 122 valence electrons. The Morgan fingerprint density at radius 3 is 2.42 bits per heavy atom. The molecule has 3 aromatic heterocycles. The van der Waals surface area contributed by atoms with Gasteiger partial charge in [-0.25, -0.2) is 14.5 Å². The minimum atomic E-state index is 0.131. The molecule has 5 nitrogen and oxygen atoms in total. The highest BCUT2D eigenvalue weighted by molar-refractivity contribution is 5.92. The molecule has 0 atom stereocenters. The summed E-state index contributed by atoms with van der Waals surface area (Å²) in [6.07, 6.45) is 1.65. The number of nitrogens with zero attached hydrogens (tertiary/aromatic N) is 4. The number of aryl methyl sites for hydroxylation is 2. The number of furan rings is 1. The quantitative estimate of drug-likeness (QED) is 0.520. The topological polar surface area (TPSA) is 56.2 Å². The summed E-state index contributed by atoms with van der Waals surface area (Å²) in [4.78, 5) is 9.07. The van der Waals surface area contributed by atoms with Crippen LogP contribution in [0.3, 0.4) is 0 Å². The third-order valence-corrected chi connectivity index (χ3v) is 4.52. The molecular weight excluding hydrogens is 300 g/mol. The van der Waals surface area contributed by atoms with Crippen molar-refractivity contribution in [1.29, 1.82) is 0 Å². The van der Waals surface area contributed by atoms with Crippen LogP contribution in [-0.4, -0.2) is 19.6 Å². The molecule has 4 aromatic rings. The Morgan fingerprint density at radius 1 is 1.04 bits per heavy atom. The maximum Gasteiger partial charge on any atom is 0.231 e. The summed E-state index contributed by atoms with van der Waals surface area (Å²) < 4.78 is 7.40. The highest BCUT2D eigenvalue weighted by Gasteiger charge is 2.17. The first-order valence-corrected chi connectivity index (χ1v) is 8.06. The summed E-state index contributed by atoms with van der Waals surface area (Å²) in [6.45, 7) is 10.6. The summed E-state index contributed by atoms with van der Waals surface area (Å²) >= 11 is 0. The lowest BCUT2D eigenvalue weighted by molar-refractivity contribution is 0.563. The average Bonchev–Trinajstić information content (AvgIpc) is 3.08. The van der Waals surface area contributed by atoms with Crippen molar-refractivity contribution in [2.45, 2.75) is 40.0 Å². The van der Waals surface area contributed by atoms with E-state index in [0.29, 0.717) is 11.5 Å². The lowest BCUT2D eigenvalue weighted by atomic mass is 9.87. The van der Waals surface area contributed by atoms with Crippen LogP contribution >= 0.6 is 0 Å². The standard InChI is InChI=1S/C19H20N4O/c1-11-12(2)24-18-15(11)17-21-16(22-23(17)10-20-18)13-6-8-14(9-7-13)19(3,4)5/h6-10H,1-5H3. The Bertz CT molecular complexity index is 1050. The Kier molecular flexibility index (Phi) is 3.04. The van der Waals surface area contributed by atoms with Crippen molar-refractivity contribution in [2.75, 3.05) is 0 Å². The Balaban J connectivity index is 1.87. The highest BCUT2D eigenvalue weighted by Crippen LogP contribution is 2.28. The lowest BCUT2D eigenvalue weighted by Crippen LogP contribution is -2.10. The molecule has 0 unspecified atom stereocenters. The fourth-order valence-electron chi connectivity index (χ4n) is 2.89. The van der Waals surface area contributed by atoms with Gasteiger partial charge in [-0.15, -0.1) is 5.10 Å². The van der Waals surface area contributed by atoms with E-state index < -0.39 is 0 Å². The van der Waals surface area contributed by atoms with Crippen molar-refractivity contribution in [3.8, 4) is 11.4 Å². The first kappa shape index (κ1) is 14.9. The average molecular weight is 320 g/mol. The van der Waals surface area contributed by atoms with Gasteiger partial charge in [0.2, 0.25) is 5.71 Å². The van der Waals surface area contributed by atoms with Crippen LogP contribution in [0.1, 0.15) is 37.7 Å². The number of fused-ring (bicyclic) bond motifs is 3. The van der Waals surface area contributed by atoms with Crippen LogP contribution < -0.4 is 0 Å². The number of benzene rings is 1. The van der Waals surface area contributed by atoms with Crippen molar-refractivity contribution in [1.82, 2.24) is 19.6 Å².